The highest BCUT2D eigenvalue weighted by atomic mass is 14.1. The molecular formula is C9H14. The van der Waals surface area contributed by atoms with Crippen LogP contribution in [0.25, 0.3) is 0 Å². The van der Waals surface area contributed by atoms with Crippen molar-refractivity contribution in [1.29, 1.82) is 0 Å². The van der Waals surface area contributed by atoms with Gasteiger partial charge >= 0.3 is 0 Å². The van der Waals surface area contributed by atoms with Crippen LogP contribution in [0.2, 0.25) is 0 Å². The van der Waals surface area contributed by atoms with Gasteiger partial charge in [0.15, 0.2) is 0 Å². The van der Waals surface area contributed by atoms with Gasteiger partial charge in [-0.2, -0.15) is 0 Å². The average molecular weight is 122 g/mol. The Morgan fingerprint density at radius 3 is 3.00 bits per heavy atom. The van der Waals surface area contributed by atoms with Gasteiger partial charge < -0.3 is 0 Å². The molecule has 0 saturated heterocycles. The Labute approximate surface area is 57.3 Å². The summed E-state index contributed by atoms with van der Waals surface area (Å²) in [6.45, 7) is 5.98. The molecule has 0 radical (unpaired) electrons. The standard InChI is InChI=1S/C9H14/c1-3-8(2)9-6-4-5-7-9/h3,6,8H,1,4-5,7H2,2H3. The van der Waals surface area contributed by atoms with Gasteiger partial charge in [0.05, 0.1) is 0 Å². The molecule has 1 rings (SSSR count). The monoisotopic (exact) mass is 122 g/mol. The highest BCUT2D eigenvalue weighted by Crippen LogP contribution is 2.24. The van der Waals surface area contributed by atoms with Crippen molar-refractivity contribution in [3.05, 3.63) is 24.3 Å². The Bertz CT molecular complexity index is 131. The maximum atomic E-state index is 3.76. The van der Waals surface area contributed by atoms with E-state index in [2.05, 4.69) is 19.6 Å². The van der Waals surface area contributed by atoms with Crippen molar-refractivity contribution in [2.75, 3.05) is 0 Å². The summed E-state index contributed by atoms with van der Waals surface area (Å²) in [5.41, 5.74) is 1.59. The first-order valence-corrected chi connectivity index (χ1v) is 3.66. The second kappa shape index (κ2) is 2.86. The molecule has 1 aliphatic carbocycles. The van der Waals surface area contributed by atoms with Gasteiger partial charge in [-0.15, -0.1) is 6.58 Å². The molecule has 0 heteroatoms. The van der Waals surface area contributed by atoms with E-state index in [0.29, 0.717) is 5.92 Å². The van der Waals surface area contributed by atoms with Crippen LogP contribution in [0.4, 0.5) is 0 Å². The SMILES string of the molecule is C=CC(C)C1=CCCC1. The molecule has 0 aromatic heterocycles. The van der Waals surface area contributed by atoms with Gasteiger partial charge in [0, 0.05) is 0 Å². The predicted molar refractivity (Wildman–Crippen MR) is 41.3 cm³/mol. The summed E-state index contributed by atoms with van der Waals surface area (Å²) in [6, 6.07) is 0. The van der Waals surface area contributed by atoms with Gasteiger partial charge in [0.25, 0.3) is 0 Å². The van der Waals surface area contributed by atoms with Gasteiger partial charge in [-0.25, -0.2) is 0 Å². The molecule has 0 nitrogen and oxygen atoms in total. The van der Waals surface area contributed by atoms with E-state index in [-0.39, 0.29) is 0 Å². The van der Waals surface area contributed by atoms with Gasteiger partial charge in [-0.1, -0.05) is 24.6 Å². The van der Waals surface area contributed by atoms with E-state index in [9.17, 15) is 0 Å². The summed E-state index contributed by atoms with van der Waals surface area (Å²) in [5, 5.41) is 0. The molecule has 50 valence electrons. The number of allylic oxidation sites excluding steroid dienone is 3. The molecular weight excluding hydrogens is 108 g/mol. The number of hydrogen-bond donors (Lipinski definition) is 0. The van der Waals surface area contributed by atoms with Crippen LogP contribution in [-0.2, 0) is 0 Å². The number of hydrogen-bond acceptors (Lipinski definition) is 0. The minimum atomic E-state index is 0.618. The smallest absolute Gasteiger partial charge is 0.00543 e. The van der Waals surface area contributed by atoms with Crippen molar-refractivity contribution >= 4 is 0 Å². The van der Waals surface area contributed by atoms with E-state index in [1.807, 2.05) is 6.08 Å². The lowest BCUT2D eigenvalue weighted by Crippen LogP contribution is -1.90. The summed E-state index contributed by atoms with van der Waals surface area (Å²) < 4.78 is 0. The van der Waals surface area contributed by atoms with E-state index in [1.54, 1.807) is 5.57 Å². The van der Waals surface area contributed by atoms with Crippen molar-refractivity contribution in [2.45, 2.75) is 26.2 Å². The van der Waals surface area contributed by atoms with Crippen LogP contribution >= 0.6 is 0 Å². The fourth-order valence-electron chi connectivity index (χ4n) is 1.26. The largest absolute Gasteiger partial charge is 0.102 e. The van der Waals surface area contributed by atoms with Crippen LogP contribution in [0.15, 0.2) is 24.3 Å². The zero-order valence-electron chi connectivity index (χ0n) is 6.06. The molecule has 0 heterocycles. The van der Waals surface area contributed by atoms with E-state index >= 15 is 0 Å². The van der Waals surface area contributed by atoms with Crippen LogP contribution in [0.1, 0.15) is 26.2 Å². The first-order valence-electron chi connectivity index (χ1n) is 3.66. The third-order valence-corrected chi connectivity index (χ3v) is 2.01. The third kappa shape index (κ3) is 1.44. The fraction of sp³-hybridized carbons (Fsp3) is 0.556. The van der Waals surface area contributed by atoms with E-state index in [4.69, 9.17) is 0 Å². The highest BCUT2D eigenvalue weighted by Gasteiger charge is 2.07. The molecule has 0 amide bonds. The zero-order valence-corrected chi connectivity index (χ0v) is 6.06. The fourth-order valence-corrected chi connectivity index (χ4v) is 1.26. The molecule has 0 N–H and O–H groups in total. The van der Waals surface area contributed by atoms with Crippen molar-refractivity contribution in [3.8, 4) is 0 Å². The van der Waals surface area contributed by atoms with Crippen LogP contribution in [0.5, 0.6) is 0 Å². The lowest BCUT2D eigenvalue weighted by Gasteiger charge is -2.04. The second-order valence-corrected chi connectivity index (χ2v) is 2.70. The Balaban J connectivity index is 2.50. The topological polar surface area (TPSA) is 0 Å². The molecule has 0 aliphatic heterocycles. The maximum absolute atomic E-state index is 3.76. The first kappa shape index (κ1) is 6.60. The first-order chi connectivity index (χ1) is 4.34. The lowest BCUT2D eigenvalue weighted by atomic mass is 10.0. The molecule has 1 unspecified atom stereocenters. The summed E-state index contributed by atoms with van der Waals surface area (Å²) in [5.74, 6) is 0.618. The van der Waals surface area contributed by atoms with E-state index in [1.165, 1.54) is 19.3 Å². The highest BCUT2D eigenvalue weighted by molar-refractivity contribution is 5.14. The molecule has 9 heavy (non-hydrogen) atoms. The van der Waals surface area contributed by atoms with Gasteiger partial charge in [0.1, 0.15) is 0 Å². The van der Waals surface area contributed by atoms with Crippen molar-refractivity contribution in [2.24, 2.45) is 5.92 Å². The van der Waals surface area contributed by atoms with Crippen molar-refractivity contribution < 1.29 is 0 Å². The molecule has 1 aliphatic rings. The van der Waals surface area contributed by atoms with Crippen LogP contribution < -0.4 is 0 Å². The van der Waals surface area contributed by atoms with E-state index in [0.717, 1.165) is 0 Å². The quantitative estimate of drug-likeness (QED) is 0.494. The predicted octanol–water partition coefficient (Wildman–Crippen LogP) is 2.92. The minimum Gasteiger partial charge on any atom is -0.102 e. The molecule has 0 fully saturated rings. The van der Waals surface area contributed by atoms with Crippen LogP contribution in [-0.4, -0.2) is 0 Å². The molecule has 1 atom stereocenters. The van der Waals surface area contributed by atoms with Crippen LogP contribution in [0, 0.1) is 5.92 Å². The van der Waals surface area contributed by atoms with E-state index < -0.39 is 0 Å². The summed E-state index contributed by atoms with van der Waals surface area (Å²) in [7, 11) is 0. The number of rotatable bonds is 2. The van der Waals surface area contributed by atoms with Crippen molar-refractivity contribution in [1.82, 2.24) is 0 Å². The Morgan fingerprint density at radius 1 is 1.78 bits per heavy atom. The normalized spacial score (nSPS) is 21.2. The van der Waals surface area contributed by atoms with Gasteiger partial charge in [-0.05, 0) is 25.2 Å². The molecule has 0 saturated carbocycles. The molecule has 0 bridgehead atoms. The third-order valence-electron chi connectivity index (χ3n) is 2.01. The van der Waals surface area contributed by atoms with Crippen molar-refractivity contribution in [3.63, 3.8) is 0 Å². The Morgan fingerprint density at radius 2 is 2.56 bits per heavy atom. The molecule has 0 spiro atoms. The Kier molecular flexibility index (Phi) is 2.10. The summed E-state index contributed by atoms with van der Waals surface area (Å²) in [4.78, 5) is 0. The zero-order chi connectivity index (χ0) is 6.69. The Hall–Kier alpha value is -0.520. The second-order valence-electron chi connectivity index (χ2n) is 2.70. The summed E-state index contributed by atoms with van der Waals surface area (Å²) in [6.07, 6.45) is 8.32. The van der Waals surface area contributed by atoms with Crippen LogP contribution in [0.3, 0.4) is 0 Å². The maximum Gasteiger partial charge on any atom is -0.00543 e. The minimum absolute atomic E-state index is 0.618. The summed E-state index contributed by atoms with van der Waals surface area (Å²) >= 11 is 0. The van der Waals surface area contributed by atoms with Gasteiger partial charge in [-0.3, -0.25) is 0 Å². The molecule has 0 aromatic rings. The lowest BCUT2D eigenvalue weighted by molar-refractivity contribution is 0.792. The molecule has 0 aromatic carbocycles. The van der Waals surface area contributed by atoms with Gasteiger partial charge in [0.2, 0.25) is 0 Å². The average Bonchev–Trinajstić information content (AvgIpc) is 2.37.